The molecule has 0 fully saturated rings. The molecule has 0 amide bonds. The van der Waals surface area contributed by atoms with Crippen molar-refractivity contribution < 1.29 is 4.74 Å². The van der Waals surface area contributed by atoms with Gasteiger partial charge in [-0.3, -0.25) is 5.41 Å². The Kier molecular flexibility index (Phi) is 5.03. The molecule has 0 atom stereocenters. The van der Waals surface area contributed by atoms with E-state index in [0.29, 0.717) is 11.6 Å². The highest BCUT2D eigenvalue weighted by molar-refractivity contribution is 6.32. The van der Waals surface area contributed by atoms with E-state index in [1.807, 2.05) is 39.0 Å². The number of halogens is 1. The van der Waals surface area contributed by atoms with Crippen LogP contribution < -0.4 is 10.5 Å². The maximum atomic E-state index is 7.47. The van der Waals surface area contributed by atoms with Crippen LogP contribution in [0.5, 0.6) is 5.75 Å². The summed E-state index contributed by atoms with van der Waals surface area (Å²) in [5, 5.41) is 8.11. The third-order valence-electron chi connectivity index (χ3n) is 3.02. The van der Waals surface area contributed by atoms with Crippen LogP contribution in [0.3, 0.4) is 0 Å². The van der Waals surface area contributed by atoms with E-state index in [1.165, 1.54) is 0 Å². The molecular formula is C14H21ClN2O. The van der Waals surface area contributed by atoms with E-state index < -0.39 is 0 Å². The van der Waals surface area contributed by atoms with Gasteiger partial charge in [0.25, 0.3) is 0 Å². The SMILES string of the molecule is Cc1ccc(Cl)c(OCCCC(C)(C)C(=N)N)c1. The molecule has 0 aliphatic heterocycles. The zero-order chi connectivity index (χ0) is 13.8. The minimum atomic E-state index is -0.264. The number of hydrogen-bond donors (Lipinski definition) is 2. The van der Waals surface area contributed by atoms with Gasteiger partial charge in [0.2, 0.25) is 0 Å². The first kappa shape index (κ1) is 14.8. The molecule has 4 heteroatoms. The van der Waals surface area contributed by atoms with Gasteiger partial charge in [-0.2, -0.15) is 0 Å². The Morgan fingerprint density at radius 1 is 1.44 bits per heavy atom. The maximum Gasteiger partial charge on any atom is 0.138 e. The van der Waals surface area contributed by atoms with E-state index in [1.54, 1.807) is 0 Å². The fourth-order valence-electron chi connectivity index (χ4n) is 1.55. The number of aryl methyl sites for hydroxylation is 1. The van der Waals surface area contributed by atoms with Gasteiger partial charge >= 0.3 is 0 Å². The van der Waals surface area contributed by atoms with Crippen molar-refractivity contribution in [2.75, 3.05) is 6.61 Å². The molecule has 0 aromatic heterocycles. The van der Waals surface area contributed by atoms with Gasteiger partial charge in [0.05, 0.1) is 17.5 Å². The summed E-state index contributed by atoms with van der Waals surface area (Å²) in [6.45, 7) is 6.52. The lowest BCUT2D eigenvalue weighted by molar-refractivity contribution is 0.287. The van der Waals surface area contributed by atoms with E-state index in [-0.39, 0.29) is 11.3 Å². The second kappa shape index (κ2) is 6.10. The predicted molar refractivity (Wildman–Crippen MR) is 76.6 cm³/mol. The van der Waals surface area contributed by atoms with Crippen molar-refractivity contribution in [1.82, 2.24) is 0 Å². The zero-order valence-corrected chi connectivity index (χ0v) is 12.0. The minimum absolute atomic E-state index is 0.219. The lowest BCUT2D eigenvalue weighted by Gasteiger charge is -2.22. The molecule has 0 aliphatic rings. The number of nitrogens with two attached hydrogens (primary N) is 1. The van der Waals surface area contributed by atoms with Crippen LogP contribution in [0.25, 0.3) is 0 Å². The Bertz CT molecular complexity index is 430. The number of hydrogen-bond acceptors (Lipinski definition) is 2. The summed E-state index contributed by atoms with van der Waals surface area (Å²) < 4.78 is 5.65. The molecule has 0 spiro atoms. The summed E-state index contributed by atoms with van der Waals surface area (Å²) >= 11 is 6.04. The summed E-state index contributed by atoms with van der Waals surface area (Å²) in [7, 11) is 0. The Labute approximate surface area is 114 Å². The fourth-order valence-corrected chi connectivity index (χ4v) is 1.72. The van der Waals surface area contributed by atoms with Crippen LogP contribution in [0.2, 0.25) is 5.02 Å². The van der Waals surface area contributed by atoms with Crippen LogP contribution in [0.1, 0.15) is 32.3 Å². The van der Waals surface area contributed by atoms with Gasteiger partial charge in [-0.25, -0.2) is 0 Å². The molecule has 0 aliphatic carbocycles. The highest BCUT2D eigenvalue weighted by Gasteiger charge is 2.20. The standard InChI is InChI=1S/C14H21ClN2O/c1-10-5-6-11(15)12(9-10)18-8-4-7-14(2,3)13(16)17/h5-6,9H,4,7-8H2,1-3H3,(H3,16,17). The molecule has 0 radical (unpaired) electrons. The van der Waals surface area contributed by atoms with Crippen LogP contribution in [-0.2, 0) is 0 Å². The van der Waals surface area contributed by atoms with Crippen molar-refractivity contribution >= 4 is 17.4 Å². The van der Waals surface area contributed by atoms with E-state index in [9.17, 15) is 0 Å². The largest absolute Gasteiger partial charge is 0.492 e. The van der Waals surface area contributed by atoms with Gasteiger partial charge < -0.3 is 10.5 Å². The van der Waals surface area contributed by atoms with Crippen molar-refractivity contribution in [3.05, 3.63) is 28.8 Å². The number of nitrogens with one attached hydrogen (secondary N) is 1. The van der Waals surface area contributed by atoms with E-state index in [0.717, 1.165) is 24.2 Å². The fraction of sp³-hybridized carbons (Fsp3) is 0.500. The van der Waals surface area contributed by atoms with Crippen LogP contribution in [-0.4, -0.2) is 12.4 Å². The van der Waals surface area contributed by atoms with Crippen LogP contribution in [0.4, 0.5) is 0 Å². The summed E-state index contributed by atoms with van der Waals surface area (Å²) in [6, 6.07) is 5.72. The number of ether oxygens (including phenoxy) is 1. The first-order valence-corrected chi connectivity index (χ1v) is 6.44. The lowest BCUT2D eigenvalue weighted by Crippen LogP contribution is -2.31. The minimum Gasteiger partial charge on any atom is -0.492 e. The van der Waals surface area contributed by atoms with Crippen molar-refractivity contribution in [1.29, 1.82) is 5.41 Å². The summed E-state index contributed by atoms with van der Waals surface area (Å²) in [4.78, 5) is 0. The number of rotatable bonds is 6. The molecule has 3 N–H and O–H groups in total. The number of benzene rings is 1. The van der Waals surface area contributed by atoms with Gasteiger partial charge in [0, 0.05) is 5.41 Å². The van der Waals surface area contributed by atoms with Crippen LogP contribution in [0, 0.1) is 17.7 Å². The van der Waals surface area contributed by atoms with E-state index >= 15 is 0 Å². The third-order valence-corrected chi connectivity index (χ3v) is 3.33. The monoisotopic (exact) mass is 268 g/mol. The van der Waals surface area contributed by atoms with Crippen molar-refractivity contribution in [3.8, 4) is 5.75 Å². The predicted octanol–water partition coefficient (Wildman–Crippen LogP) is 3.77. The normalized spacial score (nSPS) is 11.3. The first-order valence-electron chi connectivity index (χ1n) is 6.06. The topological polar surface area (TPSA) is 59.1 Å². The highest BCUT2D eigenvalue weighted by Crippen LogP contribution is 2.26. The molecule has 0 unspecified atom stereocenters. The molecule has 3 nitrogen and oxygen atoms in total. The molecule has 0 heterocycles. The van der Waals surface area contributed by atoms with E-state index in [4.69, 9.17) is 27.5 Å². The Hall–Kier alpha value is -1.22. The molecule has 1 rings (SSSR count). The average molecular weight is 269 g/mol. The molecule has 0 saturated heterocycles. The second-order valence-electron chi connectivity index (χ2n) is 5.18. The first-order chi connectivity index (χ1) is 8.33. The van der Waals surface area contributed by atoms with Gasteiger partial charge in [-0.1, -0.05) is 31.5 Å². The number of amidine groups is 1. The van der Waals surface area contributed by atoms with E-state index in [2.05, 4.69) is 0 Å². The molecule has 18 heavy (non-hydrogen) atoms. The van der Waals surface area contributed by atoms with Crippen LogP contribution in [0.15, 0.2) is 18.2 Å². The molecule has 0 saturated carbocycles. The van der Waals surface area contributed by atoms with Gasteiger partial charge in [-0.05, 0) is 37.5 Å². The smallest absolute Gasteiger partial charge is 0.138 e. The zero-order valence-electron chi connectivity index (χ0n) is 11.2. The lowest BCUT2D eigenvalue weighted by atomic mass is 9.87. The van der Waals surface area contributed by atoms with Crippen molar-refractivity contribution in [3.63, 3.8) is 0 Å². The average Bonchev–Trinajstić information content (AvgIpc) is 2.28. The Morgan fingerprint density at radius 3 is 2.72 bits per heavy atom. The highest BCUT2D eigenvalue weighted by atomic mass is 35.5. The second-order valence-corrected chi connectivity index (χ2v) is 5.59. The maximum absolute atomic E-state index is 7.47. The van der Waals surface area contributed by atoms with Crippen molar-refractivity contribution in [2.24, 2.45) is 11.1 Å². The molecular weight excluding hydrogens is 248 g/mol. The van der Waals surface area contributed by atoms with Gasteiger partial charge in [0.15, 0.2) is 0 Å². The molecule has 1 aromatic rings. The Balaban J connectivity index is 2.43. The van der Waals surface area contributed by atoms with Crippen LogP contribution >= 0.6 is 11.6 Å². The molecule has 1 aromatic carbocycles. The molecule has 0 bridgehead atoms. The molecule has 100 valence electrons. The Morgan fingerprint density at radius 2 is 2.11 bits per heavy atom. The van der Waals surface area contributed by atoms with Crippen molar-refractivity contribution in [2.45, 2.75) is 33.6 Å². The summed E-state index contributed by atoms with van der Waals surface area (Å²) in [5.41, 5.74) is 6.39. The quantitative estimate of drug-likeness (QED) is 0.469. The van der Waals surface area contributed by atoms with Gasteiger partial charge in [-0.15, -0.1) is 0 Å². The summed E-state index contributed by atoms with van der Waals surface area (Å²) in [6.07, 6.45) is 1.67. The summed E-state index contributed by atoms with van der Waals surface area (Å²) in [5.74, 6) is 0.938. The third kappa shape index (κ3) is 4.22. The van der Waals surface area contributed by atoms with Gasteiger partial charge in [0.1, 0.15) is 5.75 Å².